The van der Waals surface area contributed by atoms with E-state index in [1.165, 1.54) is 25.2 Å². The van der Waals surface area contributed by atoms with Crippen molar-refractivity contribution in [3.05, 3.63) is 52.0 Å². The van der Waals surface area contributed by atoms with Gasteiger partial charge in [-0.15, -0.1) is 0 Å². The summed E-state index contributed by atoms with van der Waals surface area (Å²) in [6.07, 6.45) is 0. The van der Waals surface area contributed by atoms with E-state index in [9.17, 15) is 13.2 Å². The van der Waals surface area contributed by atoms with Gasteiger partial charge >= 0.3 is 0 Å². The van der Waals surface area contributed by atoms with E-state index >= 15 is 0 Å². The Labute approximate surface area is 197 Å². The Kier molecular flexibility index (Phi) is 6.83. The Morgan fingerprint density at radius 3 is 2.50 bits per heavy atom. The minimum absolute atomic E-state index is 0.0610. The van der Waals surface area contributed by atoms with E-state index in [-0.39, 0.29) is 34.2 Å². The number of fused-ring (bicyclic) bond motifs is 1. The molecule has 32 heavy (non-hydrogen) atoms. The number of carbonyl (C=O) groups excluding carboxylic acids is 1. The first kappa shape index (κ1) is 23.1. The summed E-state index contributed by atoms with van der Waals surface area (Å²) in [5, 5.41) is 0.317. The van der Waals surface area contributed by atoms with Gasteiger partial charge in [-0.2, -0.15) is 4.31 Å². The van der Waals surface area contributed by atoms with E-state index in [1.54, 1.807) is 4.90 Å². The Hall–Kier alpha value is -2.04. The predicted molar refractivity (Wildman–Crippen MR) is 121 cm³/mol. The molecule has 0 aromatic heterocycles. The molecule has 8 nitrogen and oxygen atoms in total. The molecule has 172 valence electrons. The highest BCUT2D eigenvalue weighted by atomic mass is 35.5. The highest BCUT2D eigenvalue weighted by molar-refractivity contribution is 7.89. The molecule has 4 rings (SSSR count). The molecule has 1 amide bonds. The third-order valence-electron chi connectivity index (χ3n) is 5.51. The van der Waals surface area contributed by atoms with E-state index in [2.05, 4.69) is 4.90 Å². The number of hydrogen-bond acceptors (Lipinski definition) is 6. The minimum Gasteiger partial charge on any atom is -0.454 e. The van der Waals surface area contributed by atoms with Crippen molar-refractivity contribution in [1.82, 2.24) is 14.1 Å². The van der Waals surface area contributed by atoms with E-state index in [0.29, 0.717) is 26.2 Å². The van der Waals surface area contributed by atoms with Gasteiger partial charge in [0.25, 0.3) is 0 Å². The quantitative estimate of drug-likeness (QED) is 0.607. The first-order valence-electron chi connectivity index (χ1n) is 10.0. The second-order valence-electron chi connectivity index (χ2n) is 7.68. The zero-order valence-electron chi connectivity index (χ0n) is 17.5. The molecule has 0 unspecified atom stereocenters. The van der Waals surface area contributed by atoms with Crippen molar-refractivity contribution in [2.24, 2.45) is 0 Å². The fourth-order valence-corrected chi connectivity index (χ4v) is 5.52. The number of halogens is 2. The Bertz CT molecular complexity index is 1120. The predicted octanol–water partition coefficient (Wildman–Crippen LogP) is 2.69. The first-order valence-corrected chi connectivity index (χ1v) is 12.2. The maximum Gasteiger partial charge on any atom is 0.244 e. The van der Waals surface area contributed by atoms with Crippen LogP contribution in [0.1, 0.15) is 5.56 Å². The lowest BCUT2D eigenvalue weighted by atomic mass is 10.1. The van der Waals surface area contributed by atoms with Gasteiger partial charge in [-0.3, -0.25) is 9.69 Å². The van der Waals surface area contributed by atoms with Crippen molar-refractivity contribution in [3.8, 4) is 11.5 Å². The highest BCUT2D eigenvalue weighted by Crippen LogP contribution is 2.33. The number of nitrogens with zero attached hydrogens (tertiary/aromatic N) is 3. The zero-order chi connectivity index (χ0) is 22.9. The van der Waals surface area contributed by atoms with Crippen LogP contribution in [0, 0.1) is 0 Å². The molecule has 1 saturated heterocycles. The van der Waals surface area contributed by atoms with Crippen LogP contribution in [0.3, 0.4) is 0 Å². The third kappa shape index (κ3) is 4.97. The highest BCUT2D eigenvalue weighted by Gasteiger charge is 2.29. The average molecular weight is 500 g/mol. The molecule has 2 heterocycles. The standard InChI is InChI=1S/C21H23Cl2N3O5S/c1-24(32(28,29)20-11-16(22)3-4-17(20)23)13-21(27)26-8-6-25(7-9-26)12-15-2-5-18-19(10-15)31-14-30-18/h2-5,10-11H,6-9,12-14H2,1H3. The molecule has 0 saturated carbocycles. The van der Waals surface area contributed by atoms with Crippen molar-refractivity contribution < 1.29 is 22.7 Å². The zero-order valence-corrected chi connectivity index (χ0v) is 19.8. The minimum atomic E-state index is -3.95. The van der Waals surface area contributed by atoms with E-state index < -0.39 is 10.0 Å². The molecule has 0 radical (unpaired) electrons. The SMILES string of the molecule is CN(CC(=O)N1CCN(Cc2ccc3c(c2)OCO3)CC1)S(=O)(=O)c1cc(Cl)ccc1Cl. The van der Waals surface area contributed by atoms with Gasteiger partial charge in [0.05, 0.1) is 11.6 Å². The molecule has 2 aromatic carbocycles. The molecule has 0 bridgehead atoms. The second-order valence-corrected chi connectivity index (χ2v) is 10.5. The van der Waals surface area contributed by atoms with Crippen molar-refractivity contribution in [2.75, 3.05) is 46.6 Å². The maximum absolute atomic E-state index is 12.8. The summed E-state index contributed by atoms with van der Waals surface area (Å²) in [4.78, 5) is 16.6. The number of piperazine rings is 1. The smallest absolute Gasteiger partial charge is 0.244 e. The monoisotopic (exact) mass is 499 g/mol. The van der Waals surface area contributed by atoms with Crippen LogP contribution in [0.2, 0.25) is 10.0 Å². The normalized spacial score (nSPS) is 16.6. The summed E-state index contributed by atoms with van der Waals surface area (Å²) in [6, 6.07) is 10.1. The van der Waals surface area contributed by atoms with Crippen LogP contribution < -0.4 is 9.47 Å². The summed E-state index contributed by atoms with van der Waals surface area (Å²) in [7, 11) is -2.58. The largest absolute Gasteiger partial charge is 0.454 e. The molecule has 0 aliphatic carbocycles. The molecule has 0 atom stereocenters. The fraction of sp³-hybridized carbons (Fsp3) is 0.381. The first-order chi connectivity index (χ1) is 15.2. The van der Waals surface area contributed by atoms with Crippen LogP contribution in [-0.4, -0.2) is 75.0 Å². The molecule has 0 N–H and O–H groups in total. The van der Waals surface area contributed by atoms with Crippen LogP contribution in [0.5, 0.6) is 11.5 Å². The molecule has 11 heteroatoms. The van der Waals surface area contributed by atoms with E-state index in [1.807, 2.05) is 18.2 Å². The van der Waals surface area contributed by atoms with Crippen molar-refractivity contribution in [1.29, 1.82) is 0 Å². The Balaban J connectivity index is 1.32. The number of likely N-dealkylation sites (N-methyl/N-ethyl adjacent to an activating group) is 1. The molecule has 2 aliphatic rings. The van der Waals surface area contributed by atoms with Crippen LogP contribution in [-0.2, 0) is 21.4 Å². The average Bonchev–Trinajstić information content (AvgIpc) is 3.23. The van der Waals surface area contributed by atoms with Crippen molar-refractivity contribution >= 4 is 39.1 Å². The van der Waals surface area contributed by atoms with Gasteiger partial charge in [0.1, 0.15) is 4.90 Å². The summed E-state index contributed by atoms with van der Waals surface area (Å²) in [5.41, 5.74) is 1.11. The summed E-state index contributed by atoms with van der Waals surface area (Å²) in [5.74, 6) is 1.25. The summed E-state index contributed by atoms with van der Waals surface area (Å²) >= 11 is 12.0. The van der Waals surface area contributed by atoms with Crippen LogP contribution in [0.15, 0.2) is 41.3 Å². The van der Waals surface area contributed by atoms with Crippen molar-refractivity contribution in [2.45, 2.75) is 11.4 Å². The molecule has 1 fully saturated rings. The number of carbonyl (C=O) groups is 1. The van der Waals surface area contributed by atoms with Crippen LogP contribution in [0.4, 0.5) is 0 Å². The van der Waals surface area contributed by atoms with Crippen molar-refractivity contribution in [3.63, 3.8) is 0 Å². The molecular formula is C21H23Cl2N3O5S. The lowest BCUT2D eigenvalue weighted by Crippen LogP contribution is -2.51. The number of hydrogen-bond donors (Lipinski definition) is 0. The molecule has 2 aliphatic heterocycles. The summed E-state index contributed by atoms with van der Waals surface area (Å²) < 4.78 is 37.5. The lowest BCUT2D eigenvalue weighted by molar-refractivity contribution is -0.133. The molecular weight excluding hydrogens is 477 g/mol. The van der Waals surface area contributed by atoms with E-state index in [4.69, 9.17) is 32.7 Å². The number of sulfonamides is 1. The van der Waals surface area contributed by atoms with Gasteiger partial charge in [0, 0.05) is 44.8 Å². The van der Waals surface area contributed by atoms with Gasteiger partial charge < -0.3 is 14.4 Å². The fourth-order valence-electron chi connectivity index (χ4n) is 3.67. The van der Waals surface area contributed by atoms with Crippen LogP contribution in [0.25, 0.3) is 0 Å². The van der Waals surface area contributed by atoms with Gasteiger partial charge in [0.15, 0.2) is 11.5 Å². The second kappa shape index (κ2) is 9.44. The number of rotatable bonds is 6. The van der Waals surface area contributed by atoms with E-state index in [0.717, 1.165) is 27.9 Å². The third-order valence-corrected chi connectivity index (χ3v) is 8.03. The van der Waals surface area contributed by atoms with Crippen LogP contribution >= 0.6 is 23.2 Å². The summed E-state index contributed by atoms with van der Waals surface area (Å²) in [6.45, 7) is 3.14. The lowest BCUT2D eigenvalue weighted by Gasteiger charge is -2.35. The topological polar surface area (TPSA) is 79.4 Å². The maximum atomic E-state index is 12.8. The Morgan fingerprint density at radius 1 is 1.03 bits per heavy atom. The van der Waals surface area contributed by atoms with Gasteiger partial charge in [-0.25, -0.2) is 8.42 Å². The van der Waals surface area contributed by atoms with Gasteiger partial charge in [0.2, 0.25) is 22.7 Å². The number of benzene rings is 2. The number of amides is 1. The van der Waals surface area contributed by atoms with Gasteiger partial charge in [-0.05, 0) is 35.9 Å². The number of ether oxygens (including phenoxy) is 2. The van der Waals surface area contributed by atoms with Gasteiger partial charge in [-0.1, -0.05) is 29.3 Å². The molecule has 0 spiro atoms. The molecule has 2 aromatic rings. The Morgan fingerprint density at radius 2 is 1.75 bits per heavy atom.